The summed E-state index contributed by atoms with van der Waals surface area (Å²) in [6, 6.07) is 13.3. The molecule has 144 valence electrons. The fourth-order valence-corrected chi connectivity index (χ4v) is 3.38. The van der Waals surface area contributed by atoms with Gasteiger partial charge >= 0.3 is 0 Å². The Labute approximate surface area is 162 Å². The summed E-state index contributed by atoms with van der Waals surface area (Å²) < 4.78 is 10.6. The van der Waals surface area contributed by atoms with Crippen molar-refractivity contribution < 1.29 is 19.1 Å². The van der Waals surface area contributed by atoms with Crippen LogP contribution in [0.15, 0.2) is 47.6 Å². The molecule has 4 rings (SSSR count). The first-order valence-corrected chi connectivity index (χ1v) is 9.30. The van der Waals surface area contributed by atoms with Gasteiger partial charge in [0.25, 0.3) is 0 Å². The molecule has 0 aliphatic carbocycles. The second-order valence-electron chi connectivity index (χ2n) is 6.68. The Balaban J connectivity index is 1.27. The lowest BCUT2D eigenvalue weighted by molar-refractivity contribution is -0.125. The van der Waals surface area contributed by atoms with Gasteiger partial charge in [-0.2, -0.15) is 5.10 Å². The highest BCUT2D eigenvalue weighted by atomic mass is 16.7. The first kappa shape index (κ1) is 18.0. The normalized spacial score (nSPS) is 14.8. The van der Waals surface area contributed by atoms with Gasteiger partial charge in [0.1, 0.15) is 0 Å². The van der Waals surface area contributed by atoms with Crippen LogP contribution in [-0.4, -0.2) is 31.4 Å². The molecule has 0 saturated carbocycles. The van der Waals surface area contributed by atoms with Crippen LogP contribution < -0.4 is 19.8 Å². The first-order valence-electron chi connectivity index (χ1n) is 9.30. The summed E-state index contributed by atoms with van der Waals surface area (Å²) in [7, 11) is 0. The molecule has 2 aliphatic rings. The van der Waals surface area contributed by atoms with Gasteiger partial charge in [-0.25, -0.2) is 5.43 Å². The fourth-order valence-electron chi connectivity index (χ4n) is 3.38. The molecule has 0 saturated heterocycles. The minimum Gasteiger partial charge on any atom is -0.454 e. The van der Waals surface area contributed by atoms with Gasteiger partial charge in [0.15, 0.2) is 11.5 Å². The molecule has 0 atom stereocenters. The topological polar surface area (TPSA) is 80.2 Å². The number of amides is 2. The number of hydrogen-bond acceptors (Lipinski definition) is 5. The van der Waals surface area contributed by atoms with Crippen molar-refractivity contribution in [3.8, 4) is 11.5 Å². The Morgan fingerprint density at radius 2 is 1.96 bits per heavy atom. The number of aryl methyl sites for hydroxylation is 1. The summed E-state index contributed by atoms with van der Waals surface area (Å²) in [5, 5.41) is 3.95. The van der Waals surface area contributed by atoms with Crippen LogP contribution in [0.4, 0.5) is 5.69 Å². The SMILES string of the molecule is O=C(CCC(=O)N1CCCc2ccccc21)N/N=C/c1ccc2c(c1)OCO2. The second kappa shape index (κ2) is 8.12. The average Bonchev–Trinajstić information content (AvgIpc) is 3.19. The summed E-state index contributed by atoms with van der Waals surface area (Å²) in [5.41, 5.74) is 5.39. The van der Waals surface area contributed by atoms with E-state index in [4.69, 9.17) is 9.47 Å². The van der Waals surface area contributed by atoms with Crippen LogP contribution in [0.25, 0.3) is 0 Å². The predicted octanol–water partition coefficient (Wildman–Crippen LogP) is 2.63. The van der Waals surface area contributed by atoms with Gasteiger partial charge < -0.3 is 14.4 Å². The third kappa shape index (κ3) is 3.98. The summed E-state index contributed by atoms with van der Waals surface area (Å²) in [6.45, 7) is 0.905. The Bertz CT molecular complexity index is 926. The molecule has 0 bridgehead atoms. The number of rotatable bonds is 5. The number of ether oxygens (including phenoxy) is 2. The lowest BCUT2D eigenvalue weighted by Gasteiger charge is -2.29. The highest BCUT2D eigenvalue weighted by molar-refractivity contribution is 5.96. The zero-order valence-corrected chi connectivity index (χ0v) is 15.4. The number of nitrogens with one attached hydrogen (secondary N) is 1. The van der Waals surface area contributed by atoms with Crippen LogP contribution >= 0.6 is 0 Å². The quantitative estimate of drug-likeness (QED) is 0.640. The van der Waals surface area contributed by atoms with Gasteiger partial charge in [-0.15, -0.1) is 0 Å². The zero-order chi connectivity index (χ0) is 19.3. The smallest absolute Gasteiger partial charge is 0.240 e. The van der Waals surface area contributed by atoms with E-state index in [2.05, 4.69) is 10.5 Å². The number of hydrazone groups is 1. The standard InChI is InChI=1S/C21H21N3O4/c25-20(23-22-13-15-7-8-18-19(12-15)28-14-27-18)9-10-21(26)24-11-3-5-16-4-1-2-6-17(16)24/h1-2,4,6-8,12-13H,3,5,9-11,14H2,(H,23,25)/b22-13+. The van der Waals surface area contributed by atoms with Crippen molar-refractivity contribution in [3.05, 3.63) is 53.6 Å². The number of fused-ring (bicyclic) bond motifs is 2. The van der Waals surface area contributed by atoms with Crippen LogP contribution in [0.5, 0.6) is 11.5 Å². The third-order valence-electron chi connectivity index (χ3n) is 4.78. The van der Waals surface area contributed by atoms with Crippen molar-refractivity contribution in [1.82, 2.24) is 5.43 Å². The van der Waals surface area contributed by atoms with Gasteiger partial charge in [0, 0.05) is 25.1 Å². The van der Waals surface area contributed by atoms with E-state index in [1.54, 1.807) is 17.0 Å². The van der Waals surface area contributed by atoms with Gasteiger partial charge in [-0.3, -0.25) is 9.59 Å². The molecule has 2 amide bonds. The van der Waals surface area contributed by atoms with Crippen LogP contribution in [0.3, 0.4) is 0 Å². The number of benzene rings is 2. The van der Waals surface area contributed by atoms with Crippen molar-refractivity contribution in [3.63, 3.8) is 0 Å². The van der Waals surface area contributed by atoms with E-state index in [1.807, 2.05) is 30.3 Å². The maximum Gasteiger partial charge on any atom is 0.240 e. The van der Waals surface area contributed by atoms with E-state index in [-0.39, 0.29) is 31.4 Å². The molecular weight excluding hydrogens is 358 g/mol. The number of nitrogens with zero attached hydrogens (tertiary/aromatic N) is 2. The lowest BCUT2D eigenvalue weighted by Crippen LogP contribution is -2.36. The molecule has 7 nitrogen and oxygen atoms in total. The molecule has 1 N–H and O–H groups in total. The Morgan fingerprint density at radius 1 is 1.11 bits per heavy atom. The summed E-state index contributed by atoms with van der Waals surface area (Å²) in [6.07, 6.45) is 3.70. The predicted molar refractivity (Wildman–Crippen MR) is 105 cm³/mol. The van der Waals surface area contributed by atoms with E-state index in [0.29, 0.717) is 18.0 Å². The maximum atomic E-state index is 12.6. The minimum atomic E-state index is -0.296. The first-order chi connectivity index (χ1) is 13.7. The van der Waals surface area contributed by atoms with E-state index >= 15 is 0 Å². The van der Waals surface area contributed by atoms with Gasteiger partial charge in [-0.1, -0.05) is 18.2 Å². The minimum absolute atomic E-state index is 0.0398. The van der Waals surface area contributed by atoms with Gasteiger partial charge in [-0.05, 0) is 48.2 Å². The number of carbonyl (C=O) groups excluding carboxylic acids is 2. The number of anilines is 1. The number of hydrogen-bond donors (Lipinski definition) is 1. The molecule has 2 heterocycles. The molecule has 0 fully saturated rings. The number of para-hydroxylation sites is 1. The van der Waals surface area contributed by atoms with Gasteiger partial charge in [0.05, 0.1) is 6.21 Å². The monoisotopic (exact) mass is 379 g/mol. The van der Waals surface area contributed by atoms with E-state index in [0.717, 1.165) is 24.1 Å². The van der Waals surface area contributed by atoms with Crippen molar-refractivity contribution in [1.29, 1.82) is 0 Å². The summed E-state index contributed by atoms with van der Waals surface area (Å²) in [5.74, 6) is 1.01. The van der Waals surface area contributed by atoms with E-state index in [1.165, 1.54) is 11.8 Å². The maximum absolute atomic E-state index is 12.6. The highest BCUT2D eigenvalue weighted by Gasteiger charge is 2.22. The van der Waals surface area contributed by atoms with E-state index in [9.17, 15) is 9.59 Å². The summed E-state index contributed by atoms with van der Waals surface area (Å²) in [4.78, 5) is 26.3. The van der Waals surface area contributed by atoms with Gasteiger partial charge in [0.2, 0.25) is 18.6 Å². The second-order valence-corrected chi connectivity index (χ2v) is 6.68. The zero-order valence-electron chi connectivity index (χ0n) is 15.4. The Hall–Kier alpha value is -3.35. The molecule has 7 heteroatoms. The van der Waals surface area contributed by atoms with Crippen molar-refractivity contribution in [2.75, 3.05) is 18.2 Å². The molecule has 0 aromatic heterocycles. The lowest BCUT2D eigenvalue weighted by atomic mass is 10.0. The molecule has 0 radical (unpaired) electrons. The number of carbonyl (C=O) groups is 2. The highest BCUT2D eigenvalue weighted by Crippen LogP contribution is 2.32. The van der Waals surface area contributed by atoms with Crippen molar-refractivity contribution in [2.24, 2.45) is 5.10 Å². The van der Waals surface area contributed by atoms with Crippen molar-refractivity contribution in [2.45, 2.75) is 25.7 Å². The third-order valence-corrected chi connectivity index (χ3v) is 4.78. The molecule has 0 spiro atoms. The largest absolute Gasteiger partial charge is 0.454 e. The molecule has 2 aromatic rings. The van der Waals surface area contributed by atoms with Crippen LogP contribution in [0, 0.1) is 0 Å². The van der Waals surface area contributed by atoms with Crippen LogP contribution in [0.1, 0.15) is 30.4 Å². The average molecular weight is 379 g/mol. The fraction of sp³-hybridized carbons (Fsp3) is 0.286. The molecule has 2 aliphatic heterocycles. The Kier molecular flexibility index (Phi) is 5.23. The molecule has 2 aromatic carbocycles. The van der Waals surface area contributed by atoms with E-state index < -0.39 is 0 Å². The molecule has 0 unspecified atom stereocenters. The van der Waals surface area contributed by atoms with Crippen LogP contribution in [-0.2, 0) is 16.0 Å². The molecular formula is C21H21N3O4. The van der Waals surface area contributed by atoms with Crippen molar-refractivity contribution >= 4 is 23.7 Å². The van der Waals surface area contributed by atoms with Crippen LogP contribution in [0.2, 0.25) is 0 Å². The summed E-state index contributed by atoms with van der Waals surface area (Å²) >= 11 is 0. The molecule has 28 heavy (non-hydrogen) atoms. The Morgan fingerprint density at radius 3 is 2.89 bits per heavy atom.